The molecular formula is C19H19FN2O2. The first-order valence-corrected chi connectivity index (χ1v) is 7.97. The van der Waals surface area contributed by atoms with Gasteiger partial charge in [0.2, 0.25) is 11.8 Å². The summed E-state index contributed by atoms with van der Waals surface area (Å²) in [6.07, 6.45) is 2.03. The zero-order valence-electron chi connectivity index (χ0n) is 13.5. The van der Waals surface area contributed by atoms with Crippen molar-refractivity contribution in [3.63, 3.8) is 0 Å². The number of amides is 2. The molecule has 124 valence electrons. The van der Waals surface area contributed by atoms with Gasteiger partial charge >= 0.3 is 0 Å². The van der Waals surface area contributed by atoms with E-state index < -0.39 is 0 Å². The Morgan fingerprint density at radius 1 is 1.17 bits per heavy atom. The van der Waals surface area contributed by atoms with Gasteiger partial charge in [-0.1, -0.05) is 24.3 Å². The van der Waals surface area contributed by atoms with E-state index in [0.717, 1.165) is 12.8 Å². The highest BCUT2D eigenvalue weighted by Crippen LogP contribution is 2.36. The molecule has 2 aromatic carbocycles. The number of hydrogen-bond donors (Lipinski definition) is 1. The Bertz CT molecular complexity index is 771. The highest BCUT2D eigenvalue weighted by molar-refractivity contribution is 6.01. The molecule has 0 aliphatic heterocycles. The van der Waals surface area contributed by atoms with Crippen molar-refractivity contribution < 1.29 is 14.0 Å². The van der Waals surface area contributed by atoms with Crippen molar-refractivity contribution in [3.05, 3.63) is 59.9 Å². The minimum absolute atomic E-state index is 0.0377. The molecule has 0 atom stereocenters. The predicted octanol–water partition coefficient (Wildman–Crippen LogP) is 3.52. The number of carbonyl (C=O) groups excluding carboxylic acids is 2. The number of rotatable bonds is 5. The molecule has 2 amide bonds. The Hall–Kier alpha value is -2.69. The lowest BCUT2D eigenvalue weighted by Gasteiger charge is -2.23. The number of para-hydroxylation sites is 2. The molecular weight excluding hydrogens is 307 g/mol. The molecule has 0 aromatic heterocycles. The lowest BCUT2D eigenvalue weighted by molar-refractivity contribution is -0.117. The first-order chi connectivity index (χ1) is 11.5. The summed E-state index contributed by atoms with van der Waals surface area (Å²) >= 11 is 0. The molecule has 0 heterocycles. The van der Waals surface area contributed by atoms with Crippen LogP contribution in [0.25, 0.3) is 0 Å². The Kier molecular flexibility index (Phi) is 4.60. The third kappa shape index (κ3) is 3.79. The fourth-order valence-electron chi connectivity index (χ4n) is 2.77. The molecule has 0 radical (unpaired) electrons. The summed E-state index contributed by atoms with van der Waals surface area (Å²) in [7, 11) is 0. The van der Waals surface area contributed by atoms with Crippen molar-refractivity contribution in [3.8, 4) is 0 Å². The van der Waals surface area contributed by atoms with Gasteiger partial charge in [0.1, 0.15) is 5.82 Å². The molecule has 1 aliphatic carbocycles. The zero-order chi connectivity index (χ0) is 17.1. The lowest BCUT2D eigenvalue weighted by Crippen LogP contribution is -2.31. The van der Waals surface area contributed by atoms with Crippen LogP contribution in [0, 0.1) is 5.82 Å². The summed E-state index contributed by atoms with van der Waals surface area (Å²) in [4.78, 5) is 26.0. The third-order valence-corrected chi connectivity index (χ3v) is 3.94. The van der Waals surface area contributed by atoms with Crippen molar-refractivity contribution in [2.45, 2.75) is 32.2 Å². The number of hydrogen-bond acceptors (Lipinski definition) is 2. The summed E-state index contributed by atoms with van der Waals surface area (Å²) in [6, 6.07) is 13.5. The summed E-state index contributed by atoms with van der Waals surface area (Å²) in [5, 5.41) is 2.84. The van der Waals surface area contributed by atoms with Gasteiger partial charge in [0, 0.05) is 13.0 Å². The highest BCUT2D eigenvalue weighted by atomic mass is 19.1. The Morgan fingerprint density at radius 2 is 1.92 bits per heavy atom. The van der Waals surface area contributed by atoms with Crippen molar-refractivity contribution in [1.82, 2.24) is 0 Å². The predicted molar refractivity (Wildman–Crippen MR) is 91.4 cm³/mol. The Morgan fingerprint density at radius 3 is 2.58 bits per heavy atom. The van der Waals surface area contributed by atoms with Gasteiger partial charge in [0.25, 0.3) is 0 Å². The molecule has 1 fully saturated rings. The van der Waals surface area contributed by atoms with Gasteiger partial charge in [-0.3, -0.25) is 9.59 Å². The van der Waals surface area contributed by atoms with E-state index in [2.05, 4.69) is 5.32 Å². The van der Waals surface area contributed by atoms with E-state index in [1.54, 1.807) is 23.1 Å². The largest absolute Gasteiger partial charge is 0.324 e. The first kappa shape index (κ1) is 16.2. The van der Waals surface area contributed by atoms with Crippen LogP contribution in [0.4, 0.5) is 15.8 Å². The second-order valence-corrected chi connectivity index (χ2v) is 5.99. The fourth-order valence-corrected chi connectivity index (χ4v) is 2.77. The molecule has 1 aliphatic rings. The number of benzene rings is 2. The van der Waals surface area contributed by atoms with E-state index in [4.69, 9.17) is 0 Å². The number of nitrogens with zero attached hydrogens (tertiary/aromatic N) is 1. The molecule has 0 unspecified atom stereocenters. The van der Waals surface area contributed by atoms with E-state index in [0.29, 0.717) is 16.9 Å². The Labute approximate surface area is 140 Å². The molecule has 0 bridgehead atoms. The van der Waals surface area contributed by atoms with Crippen molar-refractivity contribution >= 4 is 23.2 Å². The minimum Gasteiger partial charge on any atom is -0.324 e. The van der Waals surface area contributed by atoms with Crippen LogP contribution in [-0.2, 0) is 16.0 Å². The second kappa shape index (κ2) is 6.83. The molecule has 1 N–H and O–H groups in total. The zero-order valence-corrected chi connectivity index (χ0v) is 13.5. The van der Waals surface area contributed by atoms with Gasteiger partial charge in [0.05, 0.1) is 17.8 Å². The Balaban J connectivity index is 1.77. The van der Waals surface area contributed by atoms with Gasteiger partial charge in [-0.05, 0) is 42.7 Å². The normalized spacial score (nSPS) is 13.4. The van der Waals surface area contributed by atoms with Crippen molar-refractivity contribution in [2.24, 2.45) is 0 Å². The number of anilines is 2. The molecule has 24 heavy (non-hydrogen) atoms. The van der Waals surface area contributed by atoms with Gasteiger partial charge < -0.3 is 10.2 Å². The van der Waals surface area contributed by atoms with E-state index in [9.17, 15) is 14.0 Å². The van der Waals surface area contributed by atoms with Crippen molar-refractivity contribution in [2.75, 3.05) is 10.2 Å². The SMILES string of the molecule is CC(=O)N(c1ccccc1NC(=O)Cc1cccc(F)c1)C1CC1. The average molecular weight is 326 g/mol. The summed E-state index contributed by atoms with van der Waals surface area (Å²) in [5.74, 6) is -0.645. The van der Waals surface area contributed by atoms with Crippen LogP contribution in [0.5, 0.6) is 0 Å². The van der Waals surface area contributed by atoms with Crippen molar-refractivity contribution in [1.29, 1.82) is 0 Å². The summed E-state index contributed by atoms with van der Waals surface area (Å²) in [6.45, 7) is 1.53. The van der Waals surface area contributed by atoms with E-state index >= 15 is 0 Å². The van der Waals surface area contributed by atoms with Crippen LogP contribution >= 0.6 is 0 Å². The number of carbonyl (C=O) groups is 2. The molecule has 0 spiro atoms. The lowest BCUT2D eigenvalue weighted by atomic mass is 10.1. The average Bonchev–Trinajstić information content (AvgIpc) is 3.33. The second-order valence-electron chi connectivity index (χ2n) is 5.99. The fraction of sp³-hybridized carbons (Fsp3) is 0.263. The summed E-state index contributed by atoms with van der Waals surface area (Å²) in [5.41, 5.74) is 1.91. The van der Waals surface area contributed by atoms with E-state index in [1.807, 2.05) is 18.2 Å². The standard InChI is InChI=1S/C19H19FN2O2/c1-13(23)22(16-9-10-16)18-8-3-2-7-17(18)21-19(24)12-14-5-4-6-15(20)11-14/h2-8,11,16H,9-10,12H2,1H3,(H,21,24). The summed E-state index contributed by atoms with van der Waals surface area (Å²) < 4.78 is 13.2. The molecule has 4 nitrogen and oxygen atoms in total. The van der Waals surface area contributed by atoms with Crippen LogP contribution < -0.4 is 10.2 Å². The van der Waals surface area contributed by atoms with Crippen LogP contribution in [0.3, 0.4) is 0 Å². The highest BCUT2D eigenvalue weighted by Gasteiger charge is 2.33. The third-order valence-electron chi connectivity index (χ3n) is 3.94. The maximum Gasteiger partial charge on any atom is 0.228 e. The maximum atomic E-state index is 13.2. The molecule has 2 aromatic rings. The van der Waals surface area contributed by atoms with Gasteiger partial charge in [0.15, 0.2) is 0 Å². The van der Waals surface area contributed by atoms with Gasteiger partial charge in [-0.25, -0.2) is 4.39 Å². The van der Waals surface area contributed by atoms with Crippen LogP contribution in [0.1, 0.15) is 25.3 Å². The van der Waals surface area contributed by atoms with E-state index in [1.165, 1.54) is 19.1 Å². The molecule has 1 saturated carbocycles. The molecule has 0 saturated heterocycles. The van der Waals surface area contributed by atoms with Crippen LogP contribution in [0.2, 0.25) is 0 Å². The van der Waals surface area contributed by atoms with E-state index in [-0.39, 0.29) is 30.1 Å². The first-order valence-electron chi connectivity index (χ1n) is 7.97. The van der Waals surface area contributed by atoms with Gasteiger partial charge in [-0.2, -0.15) is 0 Å². The number of nitrogens with one attached hydrogen (secondary N) is 1. The topological polar surface area (TPSA) is 49.4 Å². The number of halogens is 1. The monoisotopic (exact) mass is 326 g/mol. The molecule has 5 heteroatoms. The van der Waals surface area contributed by atoms with Gasteiger partial charge in [-0.15, -0.1) is 0 Å². The quantitative estimate of drug-likeness (QED) is 0.914. The minimum atomic E-state index is -0.364. The van der Waals surface area contributed by atoms with Crippen LogP contribution in [-0.4, -0.2) is 17.9 Å². The maximum absolute atomic E-state index is 13.2. The smallest absolute Gasteiger partial charge is 0.228 e. The van der Waals surface area contributed by atoms with Crippen LogP contribution in [0.15, 0.2) is 48.5 Å². The molecule has 3 rings (SSSR count).